The van der Waals surface area contributed by atoms with Gasteiger partial charge >= 0.3 is 0 Å². The van der Waals surface area contributed by atoms with Gasteiger partial charge in [-0.15, -0.1) is 0 Å². The molecule has 1 aromatic heterocycles. The molecule has 33 heavy (non-hydrogen) atoms. The highest BCUT2D eigenvalue weighted by Crippen LogP contribution is 2.26. The number of hydrogen-bond donors (Lipinski definition) is 0. The summed E-state index contributed by atoms with van der Waals surface area (Å²) < 4.78 is 25.6. The van der Waals surface area contributed by atoms with Crippen LogP contribution >= 0.6 is 15.9 Å². The van der Waals surface area contributed by atoms with Crippen LogP contribution in [0.3, 0.4) is 0 Å². The summed E-state index contributed by atoms with van der Waals surface area (Å²) in [6, 6.07) is 16.1. The van der Waals surface area contributed by atoms with E-state index >= 15 is 0 Å². The lowest BCUT2D eigenvalue weighted by Gasteiger charge is -2.22. The van der Waals surface area contributed by atoms with Crippen molar-refractivity contribution in [2.24, 2.45) is 0 Å². The molecule has 0 bridgehead atoms. The van der Waals surface area contributed by atoms with Gasteiger partial charge in [-0.2, -0.15) is 5.10 Å². The van der Waals surface area contributed by atoms with Gasteiger partial charge in [-0.1, -0.05) is 40.2 Å². The van der Waals surface area contributed by atoms with Gasteiger partial charge in [0, 0.05) is 23.8 Å². The first-order valence-electron chi connectivity index (χ1n) is 11.3. The van der Waals surface area contributed by atoms with Crippen LogP contribution in [-0.4, -0.2) is 54.4 Å². The monoisotopic (exact) mass is 515 g/mol. The summed E-state index contributed by atoms with van der Waals surface area (Å²) in [5.41, 5.74) is 2.04. The summed E-state index contributed by atoms with van der Waals surface area (Å²) in [5, 5.41) is 4.88. The number of halogens is 1. The minimum atomic E-state index is 0.00157. The van der Waals surface area contributed by atoms with Crippen molar-refractivity contribution in [3.8, 4) is 17.1 Å². The average Bonchev–Trinajstić information content (AvgIpc) is 3.28. The van der Waals surface area contributed by atoms with Crippen LogP contribution in [0.4, 0.5) is 0 Å². The highest BCUT2D eigenvalue weighted by Gasteiger charge is 2.21. The number of aromatic nitrogens is 3. The van der Waals surface area contributed by atoms with Crippen molar-refractivity contribution in [3.05, 3.63) is 64.4 Å². The maximum Gasteiger partial charge on any atom is 0.181 e. The van der Waals surface area contributed by atoms with Crippen LogP contribution in [0.5, 0.6) is 5.75 Å². The second-order valence-corrected chi connectivity index (χ2v) is 8.96. The third-order valence-electron chi connectivity index (χ3n) is 5.64. The Kier molecular flexibility index (Phi) is 8.50. The Morgan fingerprint density at radius 2 is 2.03 bits per heavy atom. The number of rotatable bonds is 10. The standard InChI is InChI=1S/C25H30BrN3O4/c1-18(19-8-10-21(26)11-9-19)29-24(17-33-23-7-4-12-31-16-23)27-25(28-29)20-5-3-6-22(15-20)32-14-13-30-2/h3,5-6,8-11,15,18,23H,4,7,12-14,16-17H2,1-2H3. The summed E-state index contributed by atoms with van der Waals surface area (Å²) in [7, 11) is 1.66. The fraction of sp³-hybridized carbons (Fsp3) is 0.440. The van der Waals surface area contributed by atoms with Gasteiger partial charge in [0.2, 0.25) is 0 Å². The molecule has 0 amide bonds. The normalized spacial score (nSPS) is 17.1. The predicted octanol–water partition coefficient (Wildman–Crippen LogP) is 5.04. The molecule has 0 radical (unpaired) electrons. The van der Waals surface area contributed by atoms with Gasteiger partial charge in [0.15, 0.2) is 11.6 Å². The van der Waals surface area contributed by atoms with Crippen molar-refractivity contribution in [3.63, 3.8) is 0 Å². The second-order valence-electron chi connectivity index (χ2n) is 8.04. The molecule has 1 aliphatic heterocycles. The molecule has 3 aromatic rings. The lowest BCUT2D eigenvalue weighted by atomic mass is 10.1. The molecule has 2 atom stereocenters. The molecule has 2 heterocycles. The van der Waals surface area contributed by atoms with E-state index in [1.807, 2.05) is 41.1 Å². The van der Waals surface area contributed by atoms with Gasteiger partial charge in [0.05, 0.1) is 25.4 Å². The van der Waals surface area contributed by atoms with Gasteiger partial charge in [-0.25, -0.2) is 9.67 Å². The van der Waals surface area contributed by atoms with Crippen LogP contribution in [0, 0.1) is 0 Å². The van der Waals surface area contributed by atoms with Crippen LogP contribution < -0.4 is 4.74 Å². The Hall–Kier alpha value is -2.26. The Bertz CT molecular complexity index is 1020. The molecule has 2 aromatic carbocycles. The first-order valence-corrected chi connectivity index (χ1v) is 12.1. The third-order valence-corrected chi connectivity index (χ3v) is 6.16. The zero-order valence-corrected chi connectivity index (χ0v) is 20.7. The highest BCUT2D eigenvalue weighted by atomic mass is 79.9. The van der Waals surface area contributed by atoms with Crippen molar-refractivity contribution in [1.29, 1.82) is 0 Å². The summed E-state index contributed by atoms with van der Waals surface area (Å²) in [6.07, 6.45) is 2.12. The molecule has 8 heteroatoms. The largest absolute Gasteiger partial charge is 0.491 e. The Labute approximate surface area is 203 Å². The van der Waals surface area contributed by atoms with E-state index in [0.717, 1.165) is 46.6 Å². The minimum absolute atomic E-state index is 0.00157. The molecule has 0 saturated carbocycles. The molecule has 4 rings (SSSR count). The van der Waals surface area contributed by atoms with E-state index in [4.69, 9.17) is 29.0 Å². The van der Waals surface area contributed by atoms with Gasteiger partial charge in [-0.3, -0.25) is 0 Å². The van der Waals surface area contributed by atoms with E-state index in [0.29, 0.717) is 32.3 Å². The molecule has 1 aliphatic rings. The van der Waals surface area contributed by atoms with Crippen molar-refractivity contribution >= 4 is 15.9 Å². The summed E-state index contributed by atoms with van der Waals surface area (Å²) in [4.78, 5) is 4.86. The van der Waals surface area contributed by atoms with E-state index in [2.05, 4.69) is 35.0 Å². The second kappa shape index (κ2) is 11.7. The summed E-state index contributed by atoms with van der Waals surface area (Å²) in [5.74, 6) is 2.20. The van der Waals surface area contributed by atoms with Crippen molar-refractivity contribution in [1.82, 2.24) is 14.8 Å². The molecule has 1 fully saturated rings. The predicted molar refractivity (Wildman–Crippen MR) is 129 cm³/mol. The lowest BCUT2D eigenvalue weighted by molar-refractivity contribution is -0.0594. The molecule has 0 aliphatic carbocycles. The maximum absolute atomic E-state index is 6.16. The number of nitrogens with zero attached hydrogens (tertiary/aromatic N) is 3. The first kappa shape index (κ1) is 23.9. The summed E-state index contributed by atoms with van der Waals surface area (Å²) >= 11 is 3.51. The Morgan fingerprint density at radius 1 is 1.18 bits per heavy atom. The number of ether oxygens (including phenoxy) is 4. The van der Waals surface area contributed by atoms with Crippen LogP contribution in [0.25, 0.3) is 11.4 Å². The van der Waals surface area contributed by atoms with E-state index in [1.54, 1.807) is 7.11 Å². The number of methoxy groups -OCH3 is 1. The zero-order valence-electron chi connectivity index (χ0n) is 19.1. The zero-order chi connectivity index (χ0) is 23.0. The van der Waals surface area contributed by atoms with Gasteiger partial charge in [0.25, 0.3) is 0 Å². The first-order chi connectivity index (χ1) is 16.1. The van der Waals surface area contributed by atoms with Crippen LogP contribution in [-0.2, 0) is 20.8 Å². The molecule has 1 saturated heterocycles. The molecule has 0 spiro atoms. The molecular weight excluding hydrogens is 486 g/mol. The van der Waals surface area contributed by atoms with E-state index in [1.165, 1.54) is 0 Å². The highest BCUT2D eigenvalue weighted by molar-refractivity contribution is 9.10. The SMILES string of the molecule is COCCOc1cccc(-c2nc(COC3CCCOC3)n(C(C)c3ccc(Br)cc3)n2)c1. The topological polar surface area (TPSA) is 67.6 Å². The molecular formula is C25H30BrN3O4. The fourth-order valence-corrected chi connectivity index (χ4v) is 4.04. The van der Waals surface area contributed by atoms with E-state index < -0.39 is 0 Å². The minimum Gasteiger partial charge on any atom is -0.491 e. The number of hydrogen-bond acceptors (Lipinski definition) is 6. The lowest BCUT2D eigenvalue weighted by Crippen LogP contribution is -2.26. The Morgan fingerprint density at radius 3 is 2.79 bits per heavy atom. The molecule has 2 unspecified atom stereocenters. The molecule has 7 nitrogen and oxygen atoms in total. The smallest absolute Gasteiger partial charge is 0.181 e. The third kappa shape index (κ3) is 6.41. The van der Waals surface area contributed by atoms with Gasteiger partial charge in [-0.05, 0) is 49.6 Å². The number of benzene rings is 2. The fourth-order valence-electron chi connectivity index (χ4n) is 3.77. The summed E-state index contributed by atoms with van der Waals surface area (Å²) in [6.45, 7) is 4.97. The average molecular weight is 516 g/mol. The van der Waals surface area contributed by atoms with E-state index in [-0.39, 0.29) is 12.1 Å². The van der Waals surface area contributed by atoms with Crippen LogP contribution in [0.15, 0.2) is 53.0 Å². The maximum atomic E-state index is 6.16. The van der Waals surface area contributed by atoms with Gasteiger partial charge < -0.3 is 18.9 Å². The van der Waals surface area contributed by atoms with Crippen LogP contribution in [0.2, 0.25) is 0 Å². The molecule has 0 N–H and O–H groups in total. The van der Waals surface area contributed by atoms with Crippen molar-refractivity contribution in [2.45, 2.75) is 38.5 Å². The van der Waals surface area contributed by atoms with Gasteiger partial charge in [0.1, 0.15) is 19.0 Å². The molecule has 176 valence electrons. The van der Waals surface area contributed by atoms with E-state index in [9.17, 15) is 0 Å². The quantitative estimate of drug-likeness (QED) is 0.352. The van der Waals surface area contributed by atoms with Crippen molar-refractivity contribution < 1.29 is 18.9 Å². The van der Waals surface area contributed by atoms with Crippen LogP contribution in [0.1, 0.15) is 37.2 Å². The van der Waals surface area contributed by atoms with Crippen molar-refractivity contribution in [2.75, 3.05) is 33.5 Å². The Balaban J connectivity index is 1.59.